The maximum Gasteiger partial charge on any atom is 0.116 e. The second kappa shape index (κ2) is 30.7. The molecule has 0 N–H and O–H groups in total. The van der Waals surface area contributed by atoms with Crippen molar-refractivity contribution in [2.75, 3.05) is 0 Å². The molecule has 1 rings (SSSR count). The molecule has 0 aliphatic carbocycles. The molecular formula is C12H22O. The Kier molecular flexibility index (Phi) is 42.1. The zero-order valence-corrected chi connectivity index (χ0v) is 9.45. The highest BCUT2D eigenvalue weighted by Gasteiger charge is 1.57. The molecule has 0 heterocycles. The summed E-state index contributed by atoms with van der Waals surface area (Å²) in [5, 5.41) is 0. The van der Waals surface area contributed by atoms with E-state index >= 15 is 0 Å². The Morgan fingerprint density at radius 3 is 0.846 bits per heavy atom. The van der Waals surface area contributed by atoms with Gasteiger partial charge in [0.2, 0.25) is 0 Å². The number of carbonyl (C=O) groups excluding carboxylic acids is 1. The van der Waals surface area contributed by atoms with Gasteiger partial charge in [0, 0.05) is 0 Å². The Labute approximate surface area is 82.8 Å². The van der Waals surface area contributed by atoms with Gasteiger partial charge in [0.1, 0.15) is 6.29 Å². The van der Waals surface area contributed by atoms with E-state index in [9.17, 15) is 0 Å². The molecule has 1 aromatic carbocycles. The van der Waals surface area contributed by atoms with Gasteiger partial charge in [-0.05, 0) is 6.92 Å². The molecule has 1 aromatic rings. The third kappa shape index (κ3) is 36.0. The van der Waals surface area contributed by atoms with E-state index in [2.05, 4.69) is 0 Å². The van der Waals surface area contributed by atoms with E-state index in [1.165, 1.54) is 6.92 Å². The van der Waals surface area contributed by atoms with Gasteiger partial charge in [-0.3, -0.25) is 0 Å². The maximum atomic E-state index is 8.81. The van der Waals surface area contributed by atoms with Crippen molar-refractivity contribution in [1.29, 1.82) is 0 Å². The third-order valence-electron chi connectivity index (χ3n) is 0.667. The van der Waals surface area contributed by atoms with E-state index in [0.717, 1.165) is 6.29 Å². The molecule has 0 atom stereocenters. The highest BCUT2D eigenvalue weighted by molar-refractivity contribution is 5.44. The molecule has 0 aromatic heterocycles. The minimum Gasteiger partial charge on any atom is -0.304 e. The Hall–Kier alpha value is -1.11. The Morgan fingerprint density at radius 1 is 0.692 bits per heavy atom. The van der Waals surface area contributed by atoms with Gasteiger partial charge in [-0.2, -0.15) is 0 Å². The van der Waals surface area contributed by atoms with Crippen LogP contribution in [0.2, 0.25) is 0 Å². The zero-order chi connectivity index (χ0) is 10.9. The van der Waals surface area contributed by atoms with Crippen molar-refractivity contribution in [3.63, 3.8) is 0 Å². The van der Waals surface area contributed by atoms with Crippen LogP contribution < -0.4 is 0 Å². The number of aldehydes is 1. The van der Waals surface area contributed by atoms with Crippen molar-refractivity contribution >= 4 is 6.29 Å². The summed E-state index contributed by atoms with van der Waals surface area (Å²) in [7, 11) is 0. The van der Waals surface area contributed by atoms with Crippen molar-refractivity contribution in [2.24, 2.45) is 0 Å². The first-order chi connectivity index (χ1) is 6.41. The molecule has 0 saturated carbocycles. The lowest BCUT2D eigenvalue weighted by Crippen LogP contribution is -1.47. The van der Waals surface area contributed by atoms with Crippen molar-refractivity contribution in [3.05, 3.63) is 36.4 Å². The van der Waals surface area contributed by atoms with Crippen LogP contribution in [0.1, 0.15) is 34.6 Å². The summed E-state index contributed by atoms with van der Waals surface area (Å²) < 4.78 is 0. The first kappa shape index (κ1) is 17.8. The van der Waals surface area contributed by atoms with Gasteiger partial charge in [0.15, 0.2) is 0 Å². The number of rotatable bonds is 0. The van der Waals surface area contributed by atoms with Gasteiger partial charge < -0.3 is 4.79 Å². The maximum absolute atomic E-state index is 8.81. The smallest absolute Gasteiger partial charge is 0.116 e. The number of benzene rings is 1. The average molecular weight is 182 g/mol. The van der Waals surface area contributed by atoms with Crippen molar-refractivity contribution in [1.82, 2.24) is 0 Å². The molecule has 0 amide bonds. The van der Waals surface area contributed by atoms with Gasteiger partial charge in [-0.15, -0.1) is 0 Å². The molecule has 13 heavy (non-hydrogen) atoms. The summed E-state index contributed by atoms with van der Waals surface area (Å²) in [6.07, 6.45) is 0.750. The topological polar surface area (TPSA) is 17.1 Å². The van der Waals surface area contributed by atoms with Crippen LogP contribution in [-0.4, -0.2) is 6.29 Å². The van der Waals surface area contributed by atoms with Crippen LogP contribution in [-0.2, 0) is 4.79 Å². The standard InChI is InChI=1S/C6H6.C2H4O.2C2H6/c1-2-4-6-5-3-1;1-2-3;2*1-2/h1-6H;2H,1H3;2*1-2H3. The van der Waals surface area contributed by atoms with Gasteiger partial charge in [0.25, 0.3) is 0 Å². The predicted molar refractivity (Wildman–Crippen MR) is 60.9 cm³/mol. The van der Waals surface area contributed by atoms with Gasteiger partial charge in [-0.25, -0.2) is 0 Å². The first-order valence-electron chi connectivity index (χ1n) is 4.81. The van der Waals surface area contributed by atoms with Crippen molar-refractivity contribution in [3.8, 4) is 0 Å². The minimum atomic E-state index is 0.750. The van der Waals surface area contributed by atoms with E-state index < -0.39 is 0 Å². The molecule has 0 spiro atoms. The highest BCUT2D eigenvalue weighted by atomic mass is 16.1. The molecule has 0 aliphatic rings. The normalized spacial score (nSPS) is 5.62. The molecule has 0 bridgehead atoms. The number of carbonyl (C=O) groups is 1. The second-order valence-electron chi connectivity index (χ2n) is 1.39. The van der Waals surface area contributed by atoms with Gasteiger partial charge in [-0.1, -0.05) is 64.1 Å². The van der Waals surface area contributed by atoms with Crippen LogP contribution in [0.15, 0.2) is 36.4 Å². The fraction of sp³-hybridized carbons (Fsp3) is 0.417. The number of hydrogen-bond acceptors (Lipinski definition) is 1. The van der Waals surface area contributed by atoms with Gasteiger partial charge in [0.05, 0.1) is 0 Å². The largest absolute Gasteiger partial charge is 0.304 e. The molecule has 0 radical (unpaired) electrons. The van der Waals surface area contributed by atoms with E-state index in [4.69, 9.17) is 4.79 Å². The molecule has 0 aliphatic heterocycles. The minimum absolute atomic E-state index is 0.750. The summed E-state index contributed by atoms with van der Waals surface area (Å²) in [6, 6.07) is 12.0. The Bertz CT molecular complexity index is 108. The molecular weight excluding hydrogens is 160 g/mol. The zero-order valence-electron chi connectivity index (χ0n) is 9.45. The quantitative estimate of drug-likeness (QED) is 0.555. The fourth-order valence-electron chi connectivity index (χ4n) is 0.385. The van der Waals surface area contributed by atoms with Crippen LogP contribution in [0.25, 0.3) is 0 Å². The SMILES string of the molecule is CC.CC.CC=O.c1ccccc1. The monoisotopic (exact) mass is 182 g/mol. The second-order valence-corrected chi connectivity index (χ2v) is 1.39. The van der Waals surface area contributed by atoms with Crippen LogP contribution in [0.4, 0.5) is 0 Å². The fourth-order valence-corrected chi connectivity index (χ4v) is 0.385. The van der Waals surface area contributed by atoms with E-state index in [-0.39, 0.29) is 0 Å². The lowest BCUT2D eigenvalue weighted by atomic mass is 10.4. The summed E-state index contributed by atoms with van der Waals surface area (Å²) in [6.45, 7) is 9.44. The lowest BCUT2D eigenvalue weighted by molar-refractivity contribution is -0.106. The highest BCUT2D eigenvalue weighted by Crippen LogP contribution is 1.79. The van der Waals surface area contributed by atoms with E-state index in [1.54, 1.807) is 0 Å². The van der Waals surface area contributed by atoms with E-state index in [1.807, 2.05) is 64.1 Å². The lowest BCUT2D eigenvalue weighted by Gasteiger charge is -1.69. The summed E-state index contributed by atoms with van der Waals surface area (Å²) in [4.78, 5) is 8.81. The molecule has 0 fully saturated rings. The van der Waals surface area contributed by atoms with Crippen LogP contribution in [0.3, 0.4) is 0 Å². The van der Waals surface area contributed by atoms with E-state index in [0.29, 0.717) is 0 Å². The molecule has 76 valence electrons. The van der Waals surface area contributed by atoms with Crippen LogP contribution in [0, 0.1) is 0 Å². The molecule has 0 saturated heterocycles. The summed E-state index contributed by atoms with van der Waals surface area (Å²) in [5.74, 6) is 0. The average Bonchev–Trinajstić information content (AvgIpc) is 2.27. The molecule has 1 heteroatoms. The number of hydrogen-bond donors (Lipinski definition) is 0. The van der Waals surface area contributed by atoms with Crippen LogP contribution >= 0.6 is 0 Å². The van der Waals surface area contributed by atoms with Crippen molar-refractivity contribution in [2.45, 2.75) is 34.6 Å². The molecule has 1 nitrogen and oxygen atoms in total. The Morgan fingerprint density at radius 2 is 0.769 bits per heavy atom. The Balaban J connectivity index is -0.000000124. The molecule has 0 unspecified atom stereocenters. The van der Waals surface area contributed by atoms with Crippen molar-refractivity contribution < 1.29 is 4.79 Å². The van der Waals surface area contributed by atoms with Gasteiger partial charge >= 0.3 is 0 Å². The summed E-state index contributed by atoms with van der Waals surface area (Å²) >= 11 is 0. The summed E-state index contributed by atoms with van der Waals surface area (Å²) in [5.41, 5.74) is 0. The van der Waals surface area contributed by atoms with Crippen LogP contribution in [0.5, 0.6) is 0 Å². The first-order valence-corrected chi connectivity index (χ1v) is 4.81. The predicted octanol–water partition coefficient (Wildman–Crippen LogP) is 3.94. The third-order valence-corrected chi connectivity index (χ3v) is 0.667.